The van der Waals surface area contributed by atoms with Gasteiger partial charge in [0, 0.05) is 0 Å². The lowest BCUT2D eigenvalue weighted by Crippen LogP contribution is -2.05. The Hall–Kier alpha value is -2.35. The Kier molecular flexibility index (Phi) is 3.62. The molecule has 1 rings (SSSR count). The van der Waals surface area contributed by atoms with Crippen molar-refractivity contribution < 1.29 is 19.4 Å². The molecule has 0 aromatic heterocycles. The van der Waals surface area contributed by atoms with Gasteiger partial charge in [0.15, 0.2) is 0 Å². The Morgan fingerprint density at radius 2 is 2.12 bits per heavy atom. The zero-order chi connectivity index (χ0) is 12.1. The van der Waals surface area contributed by atoms with Crippen LogP contribution >= 0.6 is 0 Å². The maximum atomic E-state index is 11.2. The molecule has 16 heavy (non-hydrogen) atoms. The van der Waals surface area contributed by atoms with E-state index in [4.69, 9.17) is 10.4 Å². The summed E-state index contributed by atoms with van der Waals surface area (Å²) in [6.45, 7) is 0. The first-order chi connectivity index (χ1) is 7.56. The normalized spacial score (nSPS) is 9.25. The van der Waals surface area contributed by atoms with Crippen molar-refractivity contribution in [2.45, 2.75) is 6.42 Å². The first-order valence-corrected chi connectivity index (χ1v) is 4.41. The van der Waals surface area contributed by atoms with Gasteiger partial charge in [0.1, 0.15) is 0 Å². The molecule has 0 aliphatic carbocycles. The van der Waals surface area contributed by atoms with Crippen molar-refractivity contribution >= 4 is 11.9 Å². The van der Waals surface area contributed by atoms with Gasteiger partial charge in [0.2, 0.25) is 0 Å². The fourth-order valence-corrected chi connectivity index (χ4v) is 1.27. The number of hydrogen-bond donors (Lipinski definition) is 1. The summed E-state index contributed by atoms with van der Waals surface area (Å²) in [5, 5.41) is 17.3. The standard InChI is InChI=1S/C11H9NO4/c1-16-11(15)9-3-7(5-10(13)14)2-8(4-9)6-12/h2-4H,5H2,1H3,(H,13,14). The molecule has 82 valence electrons. The van der Waals surface area contributed by atoms with Gasteiger partial charge in [-0.05, 0) is 23.8 Å². The molecule has 0 aliphatic rings. The van der Waals surface area contributed by atoms with Gasteiger partial charge < -0.3 is 9.84 Å². The highest BCUT2D eigenvalue weighted by molar-refractivity contribution is 5.90. The highest BCUT2D eigenvalue weighted by Crippen LogP contribution is 2.11. The summed E-state index contributed by atoms with van der Waals surface area (Å²) in [5.41, 5.74) is 0.809. The number of nitrogens with zero attached hydrogens (tertiary/aromatic N) is 1. The number of benzene rings is 1. The lowest BCUT2D eigenvalue weighted by molar-refractivity contribution is -0.136. The Labute approximate surface area is 91.9 Å². The molecule has 0 bridgehead atoms. The van der Waals surface area contributed by atoms with Crippen molar-refractivity contribution in [2.75, 3.05) is 7.11 Å². The summed E-state index contributed by atoms with van der Waals surface area (Å²) < 4.78 is 4.50. The molecule has 0 saturated heterocycles. The number of methoxy groups -OCH3 is 1. The van der Waals surface area contributed by atoms with Crippen LogP contribution in [0.25, 0.3) is 0 Å². The van der Waals surface area contributed by atoms with Crippen LogP contribution in [0.2, 0.25) is 0 Å². The van der Waals surface area contributed by atoms with Gasteiger partial charge in [0.25, 0.3) is 0 Å². The second kappa shape index (κ2) is 4.94. The monoisotopic (exact) mass is 219 g/mol. The molecule has 0 amide bonds. The average molecular weight is 219 g/mol. The van der Waals surface area contributed by atoms with Crippen LogP contribution in [-0.4, -0.2) is 24.2 Å². The number of aliphatic carboxylic acids is 1. The van der Waals surface area contributed by atoms with Gasteiger partial charge in [-0.2, -0.15) is 5.26 Å². The quantitative estimate of drug-likeness (QED) is 0.765. The van der Waals surface area contributed by atoms with E-state index in [1.54, 1.807) is 0 Å². The van der Waals surface area contributed by atoms with Gasteiger partial charge in [-0.15, -0.1) is 0 Å². The van der Waals surface area contributed by atoms with Gasteiger partial charge in [-0.1, -0.05) is 0 Å². The minimum absolute atomic E-state index is 0.179. The topological polar surface area (TPSA) is 87.4 Å². The van der Waals surface area contributed by atoms with E-state index in [2.05, 4.69) is 4.74 Å². The van der Waals surface area contributed by atoms with Crippen LogP contribution in [-0.2, 0) is 16.0 Å². The summed E-state index contributed by atoms with van der Waals surface area (Å²) in [5.74, 6) is -1.62. The van der Waals surface area contributed by atoms with Crippen molar-refractivity contribution in [2.24, 2.45) is 0 Å². The van der Waals surface area contributed by atoms with Gasteiger partial charge in [-0.25, -0.2) is 4.79 Å². The molecule has 1 N–H and O–H groups in total. The Bertz CT molecular complexity index is 473. The van der Waals surface area contributed by atoms with E-state index in [-0.39, 0.29) is 17.5 Å². The highest BCUT2D eigenvalue weighted by Gasteiger charge is 2.10. The molecule has 1 aromatic carbocycles. The van der Waals surface area contributed by atoms with Crippen LogP contribution in [0.3, 0.4) is 0 Å². The lowest BCUT2D eigenvalue weighted by Gasteiger charge is -2.03. The van der Waals surface area contributed by atoms with Gasteiger partial charge >= 0.3 is 11.9 Å². The van der Waals surface area contributed by atoms with E-state index < -0.39 is 11.9 Å². The van der Waals surface area contributed by atoms with E-state index in [1.165, 1.54) is 25.3 Å². The van der Waals surface area contributed by atoms with Gasteiger partial charge in [0.05, 0.1) is 30.7 Å². The maximum Gasteiger partial charge on any atom is 0.337 e. The number of esters is 1. The minimum Gasteiger partial charge on any atom is -0.481 e. The predicted molar refractivity (Wildman–Crippen MR) is 53.8 cm³/mol. The van der Waals surface area contributed by atoms with E-state index in [0.717, 1.165) is 0 Å². The first-order valence-electron chi connectivity index (χ1n) is 4.41. The number of carboxylic acid groups (broad SMARTS) is 1. The fraction of sp³-hybridized carbons (Fsp3) is 0.182. The van der Waals surface area contributed by atoms with E-state index in [0.29, 0.717) is 5.56 Å². The predicted octanol–water partition coefficient (Wildman–Crippen LogP) is 0.972. The number of hydrogen-bond acceptors (Lipinski definition) is 4. The average Bonchev–Trinajstić information content (AvgIpc) is 2.26. The van der Waals surface area contributed by atoms with E-state index >= 15 is 0 Å². The molecule has 1 aromatic rings. The van der Waals surface area contributed by atoms with E-state index in [1.807, 2.05) is 6.07 Å². The van der Waals surface area contributed by atoms with Crippen molar-refractivity contribution in [1.29, 1.82) is 5.26 Å². The van der Waals surface area contributed by atoms with Crippen LogP contribution in [0.5, 0.6) is 0 Å². The summed E-state index contributed by atoms with van der Waals surface area (Å²) in [7, 11) is 1.22. The Morgan fingerprint density at radius 3 is 2.62 bits per heavy atom. The summed E-state index contributed by atoms with van der Waals surface area (Å²) >= 11 is 0. The second-order valence-corrected chi connectivity index (χ2v) is 3.09. The van der Waals surface area contributed by atoms with Crippen molar-refractivity contribution in [3.05, 3.63) is 34.9 Å². The second-order valence-electron chi connectivity index (χ2n) is 3.09. The molecular weight excluding hydrogens is 210 g/mol. The molecule has 0 saturated carbocycles. The number of carboxylic acids is 1. The molecule has 0 atom stereocenters. The smallest absolute Gasteiger partial charge is 0.337 e. The van der Waals surface area contributed by atoms with Crippen molar-refractivity contribution in [1.82, 2.24) is 0 Å². The van der Waals surface area contributed by atoms with Crippen LogP contribution in [0.4, 0.5) is 0 Å². The minimum atomic E-state index is -1.02. The number of carbonyl (C=O) groups is 2. The molecule has 0 spiro atoms. The molecule has 5 heteroatoms. The summed E-state index contributed by atoms with van der Waals surface area (Å²) in [6.07, 6.45) is -0.237. The van der Waals surface area contributed by atoms with Gasteiger partial charge in [-0.3, -0.25) is 4.79 Å². The summed E-state index contributed by atoms with van der Waals surface area (Å²) in [6, 6.07) is 6.05. The van der Waals surface area contributed by atoms with Crippen LogP contribution in [0, 0.1) is 11.3 Å². The molecule has 0 fully saturated rings. The fourth-order valence-electron chi connectivity index (χ4n) is 1.27. The third kappa shape index (κ3) is 2.82. The maximum absolute atomic E-state index is 11.2. The SMILES string of the molecule is COC(=O)c1cc(C#N)cc(CC(=O)O)c1. The summed E-state index contributed by atoms with van der Waals surface area (Å²) in [4.78, 5) is 21.8. The zero-order valence-corrected chi connectivity index (χ0v) is 8.56. The number of nitriles is 1. The molecule has 0 radical (unpaired) electrons. The molecule has 0 aliphatic heterocycles. The first kappa shape index (κ1) is 11.7. The molecule has 0 unspecified atom stereocenters. The number of carbonyl (C=O) groups excluding carboxylic acids is 1. The Morgan fingerprint density at radius 1 is 1.44 bits per heavy atom. The number of ether oxygens (including phenoxy) is 1. The zero-order valence-electron chi connectivity index (χ0n) is 8.56. The largest absolute Gasteiger partial charge is 0.481 e. The third-order valence-electron chi connectivity index (χ3n) is 1.90. The highest BCUT2D eigenvalue weighted by atomic mass is 16.5. The van der Waals surface area contributed by atoms with Crippen molar-refractivity contribution in [3.63, 3.8) is 0 Å². The van der Waals surface area contributed by atoms with E-state index in [9.17, 15) is 9.59 Å². The molecular formula is C11H9NO4. The third-order valence-corrected chi connectivity index (χ3v) is 1.90. The number of rotatable bonds is 3. The molecule has 0 heterocycles. The van der Waals surface area contributed by atoms with Crippen LogP contribution in [0.15, 0.2) is 18.2 Å². The van der Waals surface area contributed by atoms with Crippen molar-refractivity contribution in [3.8, 4) is 6.07 Å². The lowest BCUT2D eigenvalue weighted by atomic mass is 10.0. The van der Waals surface area contributed by atoms with Crippen LogP contribution < -0.4 is 0 Å². The molecule has 5 nitrogen and oxygen atoms in total. The Balaban J connectivity index is 3.16. The van der Waals surface area contributed by atoms with Crippen LogP contribution in [0.1, 0.15) is 21.5 Å².